The summed E-state index contributed by atoms with van der Waals surface area (Å²) in [5, 5.41) is 0. The van der Waals surface area contributed by atoms with Crippen LogP contribution in [0.15, 0.2) is 42.5 Å². The molecule has 1 fully saturated rings. The van der Waals surface area contributed by atoms with Crippen LogP contribution in [0.3, 0.4) is 0 Å². The molecule has 2 aromatic rings. The third-order valence-corrected chi connectivity index (χ3v) is 5.94. The zero-order valence-corrected chi connectivity index (χ0v) is 16.8. The number of likely N-dealkylation sites (N-methyl/N-ethyl adjacent to an activating group) is 1. The SMILES string of the molecule is CN(Cc1ccccc1N1CCOCC1)C(=O)Cc1ccc2c(c1)CCCC2. The highest BCUT2D eigenvalue weighted by Crippen LogP contribution is 2.24. The van der Waals surface area contributed by atoms with E-state index < -0.39 is 0 Å². The van der Waals surface area contributed by atoms with Gasteiger partial charge in [-0.25, -0.2) is 0 Å². The van der Waals surface area contributed by atoms with E-state index >= 15 is 0 Å². The lowest BCUT2D eigenvalue weighted by atomic mass is 9.90. The highest BCUT2D eigenvalue weighted by Gasteiger charge is 2.18. The molecule has 2 aromatic carbocycles. The molecule has 1 aliphatic heterocycles. The molecule has 1 saturated heterocycles. The number of hydrogen-bond donors (Lipinski definition) is 0. The van der Waals surface area contributed by atoms with E-state index in [0.717, 1.165) is 38.3 Å². The second kappa shape index (κ2) is 8.78. The molecule has 28 heavy (non-hydrogen) atoms. The fourth-order valence-corrected chi connectivity index (χ4v) is 4.31. The van der Waals surface area contributed by atoms with Crippen LogP contribution in [0.25, 0.3) is 0 Å². The number of hydrogen-bond acceptors (Lipinski definition) is 3. The minimum atomic E-state index is 0.174. The van der Waals surface area contributed by atoms with Crippen LogP contribution in [0.2, 0.25) is 0 Å². The lowest BCUT2D eigenvalue weighted by molar-refractivity contribution is -0.129. The molecular formula is C24H30N2O2. The van der Waals surface area contributed by atoms with Crippen molar-refractivity contribution in [1.29, 1.82) is 0 Å². The summed E-state index contributed by atoms with van der Waals surface area (Å²) in [5.74, 6) is 0.174. The lowest BCUT2D eigenvalue weighted by Crippen LogP contribution is -2.37. The van der Waals surface area contributed by atoms with E-state index in [4.69, 9.17) is 4.74 Å². The first-order valence-corrected chi connectivity index (χ1v) is 10.5. The molecule has 0 saturated carbocycles. The maximum Gasteiger partial charge on any atom is 0.227 e. The molecule has 0 atom stereocenters. The van der Waals surface area contributed by atoms with E-state index in [0.29, 0.717) is 13.0 Å². The van der Waals surface area contributed by atoms with Gasteiger partial charge < -0.3 is 14.5 Å². The highest BCUT2D eigenvalue weighted by atomic mass is 16.5. The second-order valence-corrected chi connectivity index (χ2v) is 7.96. The first kappa shape index (κ1) is 19.0. The van der Waals surface area contributed by atoms with Gasteiger partial charge >= 0.3 is 0 Å². The normalized spacial score (nSPS) is 16.5. The van der Waals surface area contributed by atoms with E-state index in [9.17, 15) is 4.79 Å². The fraction of sp³-hybridized carbons (Fsp3) is 0.458. The topological polar surface area (TPSA) is 32.8 Å². The van der Waals surface area contributed by atoms with E-state index in [1.165, 1.54) is 41.6 Å². The molecule has 0 unspecified atom stereocenters. The number of benzene rings is 2. The van der Waals surface area contributed by atoms with Crippen molar-refractivity contribution in [1.82, 2.24) is 4.90 Å². The van der Waals surface area contributed by atoms with Crippen molar-refractivity contribution in [3.05, 3.63) is 64.7 Å². The Morgan fingerprint density at radius 2 is 1.79 bits per heavy atom. The van der Waals surface area contributed by atoms with Crippen molar-refractivity contribution < 1.29 is 9.53 Å². The average Bonchev–Trinajstić information content (AvgIpc) is 2.74. The number of carbonyl (C=O) groups excluding carboxylic acids is 1. The number of nitrogens with zero attached hydrogens (tertiary/aromatic N) is 2. The molecule has 2 aliphatic rings. The molecule has 0 bridgehead atoms. The Bertz CT molecular complexity index is 827. The van der Waals surface area contributed by atoms with E-state index in [1.807, 2.05) is 11.9 Å². The largest absolute Gasteiger partial charge is 0.378 e. The predicted molar refractivity (Wildman–Crippen MR) is 113 cm³/mol. The van der Waals surface area contributed by atoms with Crippen LogP contribution in [-0.4, -0.2) is 44.2 Å². The average molecular weight is 379 g/mol. The molecule has 0 spiro atoms. The van der Waals surface area contributed by atoms with Crippen LogP contribution < -0.4 is 4.90 Å². The maximum absolute atomic E-state index is 12.9. The predicted octanol–water partition coefficient (Wildman–Crippen LogP) is 3.60. The molecule has 1 amide bonds. The monoisotopic (exact) mass is 378 g/mol. The zero-order valence-electron chi connectivity index (χ0n) is 16.8. The summed E-state index contributed by atoms with van der Waals surface area (Å²) in [5.41, 5.74) is 6.47. The van der Waals surface area contributed by atoms with Gasteiger partial charge in [0.2, 0.25) is 5.91 Å². The summed E-state index contributed by atoms with van der Waals surface area (Å²) in [6, 6.07) is 15.0. The van der Waals surface area contributed by atoms with Crippen molar-refractivity contribution >= 4 is 11.6 Å². The summed E-state index contributed by atoms with van der Waals surface area (Å²) in [7, 11) is 1.91. The number of carbonyl (C=O) groups is 1. The van der Waals surface area contributed by atoms with Gasteiger partial charge in [-0.15, -0.1) is 0 Å². The highest BCUT2D eigenvalue weighted by molar-refractivity contribution is 5.79. The van der Waals surface area contributed by atoms with Gasteiger partial charge in [-0.3, -0.25) is 4.79 Å². The first-order chi connectivity index (χ1) is 13.7. The number of aryl methyl sites for hydroxylation is 2. The number of ether oxygens (including phenoxy) is 1. The van der Waals surface area contributed by atoms with Gasteiger partial charge in [-0.2, -0.15) is 0 Å². The summed E-state index contributed by atoms with van der Waals surface area (Å²) in [6.45, 7) is 3.98. The molecule has 1 aliphatic carbocycles. The Morgan fingerprint density at radius 1 is 1.04 bits per heavy atom. The van der Waals surface area contributed by atoms with Gasteiger partial charge in [-0.05, 0) is 54.0 Å². The summed E-state index contributed by atoms with van der Waals surface area (Å²) >= 11 is 0. The molecule has 0 aromatic heterocycles. The molecule has 0 N–H and O–H groups in total. The molecular weight excluding hydrogens is 348 g/mol. The molecule has 148 valence electrons. The number of para-hydroxylation sites is 1. The third-order valence-electron chi connectivity index (χ3n) is 5.94. The van der Waals surface area contributed by atoms with Crippen LogP contribution in [0.1, 0.15) is 35.1 Å². The number of morpholine rings is 1. The Balaban J connectivity index is 1.42. The van der Waals surface area contributed by atoms with Crippen molar-refractivity contribution in [3.8, 4) is 0 Å². The Kier molecular flexibility index (Phi) is 5.96. The number of fused-ring (bicyclic) bond motifs is 1. The van der Waals surface area contributed by atoms with Gasteiger partial charge in [-0.1, -0.05) is 36.4 Å². The van der Waals surface area contributed by atoms with Crippen LogP contribution in [0.4, 0.5) is 5.69 Å². The number of anilines is 1. The van der Waals surface area contributed by atoms with Gasteiger partial charge in [0.1, 0.15) is 0 Å². The van der Waals surface area contributed by atoms with Crippen LogP contribution >= 0.6 is 0 Å². The van der Waals surface area contributed by atoms with Crippen molar-refractivity contribution in [3.63, 3.8) is 0 Å². The third kappa shape index (κ3) is 4.39. The fourth-order valence-electron chi connectivity index (χ4n) is 4.31. The second-order valence-electron chi connectivity index (χ2n) is 7.96. The molecule has 0 radical (unpaired) electrons. The van der Waals surface area contributed by atoms with Gasteiger partial charge in [0.05, 0.1) is 19.6 Å². The zero-order chi connectivity index (χ0) is 19.3. The smallest absolute Gasteiger partial charge is 0.227 e. The van der Waals surface area contributed by atoms with E-state index in [2.05, 4.69) is 47.4 Å². The van der Waals surface area contributed by atoms with Gasteiger partial charge in [0, 0.05) is 32.4 Å². The first-order valence-electron chi connectivity index (χ1n) is 10.5. The minimum absolute atomic E-state index is 0.174. The standard InChI is InChI=1S/C24H30N2O2/c1-25(18-22-8-4-5-9-23(22)26-12-14-28-15-13-26)24(27)17-19-10-11-20-6-2-3-7-21(20)16-19/h4-5,8-11,16H,2-3,6-7,12-15,17-18H2,1H3. The van der Waals surface area contributed by atoms with Gasteiger partial charge in [0.25, 0.3) is 0 Å². The van der Waals surface area contributed by atoms with Gasteiger partial charge in [0.15, 0.2) is 0 Å². The van der Waals surface area contributed by atoms with E-state index in [1.54, 1.807) is 0 Å². The van der Waals surface area contributed by atoms with E-state index in [-0.39, 0.29) is 5.91 Å². The number of amides is 1. The maximum atomic E-state index is 12.9. The van der Waals surface area contributed by atoms with Crippen molar-refractivity contribution in [2.24, 2.45) is 0 Å². The lowest BCUT2D eigenvalue weighted by Gasteiger charge is -2.31. The summed E-state index contributed by atoms with van der Waals surface area (Å²) in [4.78, 5) is 17.1. The van der Waals surface area contributed by atoms with Crippen LogP contribution in [-0.2, 0) is 35.3 Å². The Labute approximate surface area is 168 Å². The Morgan fingerprint density at radius 3 is 2.61 bits per heavy atom. The molecule has 1 heterocycles. The summed E-state index contributed by atoms with van der Waals surface area (Å²) < 4.78 is 5.48. The van der Waals surface area contributed by atoms with Crippen molar-refractivity contribution in [2.45, 2.75) is 38.6 Å². The molecule has 4 heteroatoms. The Hall–Kier alpha value is -2.33. The van der Waals surface area contributed by atoms with Crippen molar-refractivity contribution in [2.75, 3.05) is 38.3 Å². The molecule has 4 nitrogen and oxygen atoms in total. The quantitative estimate of drug-likeness (QED) is 0.797. The van der Waals surface area contributed by atoms with Crippen LogP contribution in [0.5, 0.6) is 0 Å². The molecule has 4 rings (SSSR count). The summed E-state index contributed by atoms with van der Waals surface area (Å²) in [6.07, 6.45) is 5.37. The number of rotatable bonds is 5. The minimum Gasteiger partial charge on any atom is -0.378 e. The van der Waals surface area contributed by atoms with Crippen LogP contribution in [0, 0.1) is 0 Å².